The number of halogens is 1. The molecular weight excluding hydrogens is 244 g/mol. The first-order valence-electron chi connectivity index (χ1n) is 4.43. The largest absolute Gasteiger partial charge is 0.452 e. The molecule has 0 aliphatic heterocycles. The van der Waals surface area contributed by atoms with E-state index >= 15 is 0 Å². The van der Waals surface area contributed by atoms with Crippen molar-refractivity contribution in [2.24, 2.45) is 0 Å². The lowest BCUT2D eigenvalue weighted by atomic mass is 10.2. The molecule has 1 aromatic carbocycles. The number of hydrogen-bond donors (Lipinski definition) is 0. The number of rotatable bonds is 2. The second kappa shape index (κ2) is 3.58. The number of ketones is 1. The average Bonchev–Trinajstić information content (AvgIpc) is 2.62. The number of hydrogen-bond acceptors (Lipinski definition) is 2. The lowest BCUT2D eigenvalue weighted by Gasteiger charge is -1.90. The third kappa shape index (κ3) is 1.48. The summed E-state index contributed by atoms with van der Waals surface area (Å²) >= 11 is 3.38. The molecule has 0 bridgehead atoms. The molecule has 0 aliphatic carbocycles. The van der Waals surface area contributed by atoms with Crippen molar-refractivity contribution in [3.63, 3.8) is 0 Å². The molecule has 0 saturated carbocycles. The van der Waals surface area contributed by atoms with Crippen molar-refractivity contribution in [1.29, 1.82) is 0 Å². The van der Waals surface area contributed by atoms with Gasteiger partial charge in [-0.1, -0.05) is 19.1 Å². The van der Waals surface area contributed by atoms with Crippen LogP contribution in [0.25, 0.3) is 11.0 Å². The van der Waals surface area contributed by atoms with E-state index < -0.39 is 0 Å². The highest BCUT2D eigenvalue weighted by atomic mass is 79.9. The van der Waals surface area contributed by atoms with Gasteiger partial charge < -0.3 is 4.42 Å². The summed E-state index contributed by atoms with van der Waals surface area (Å²) in [5.41, 5.74) is 0.740. The molecule has 0 spiro atoms. The molecule has 0 saturated heterocycles. The first-order valence-corrected chi connectivity index (χ1v) is 5.23. The zero-order chi connectivity index (χ0) is 10.1. The van der Waals surface area contributed by atoms with Gasteiger partial charge in [-0.3, -0.25) is 4.79 Å². The van der Waals surface area contributed by atoms with Crippen molar-refractivity contribution >= 4 is 32.7 Å². The molecule has 1 heterocycles. The van der Waals surface area contributed by atoms with Gasteiger partial charge in [-0.25, -0.2) is 0 Å². The minimum atomic E-state index is 0.0353. The average molecular weight is 253 g/mol. The Kier molecular flexibility index (Phi) is 2.42. The van der Waals surface area contributed by atoms with Crippen LogP contribution in [0.4, 0.5) is 0 Å². The van der Waals surface area contributed by atoms with Crippen LogP contribution in [-0.4, -0.2) is 5.78 Å². The topological polar surface area (TPSA) is 30.2 Å². The fourth-order valence-corrected chi connectivity index (χ4v) is 1.80. The second-order valence-corrected chi connectivity index (χ2v) is 3.90. The summed E-state index contributed by atoms with van der Waals surface area (Å²) in [5, 5.41) is 0.955. The lowest BCUT2D eigenvalue weighted by Crippen LogP contribution is -1.92. The number of para-hydroxylation sites is 1. The molecule has 2 rings (SSSR count). The summed E-state index contributed by atoms with van der Waals surface area (Å²) in [4.78, 5) is 11.4. The minimum absolute atomic E-state index is 0.0353. The monoisotopic (exact) mass is 252 g/mol. The van der Waals surface area contributed by atoms with E-state index in [1.165, 1.54) is 0 Å². The number of Topliss-reactive ketones (excluding diaryl/α,β-unsaturated/α-hetero) is 1. The van der Waals surface area contributed by atoms with E-state index in [-0.39, 0.29) is 5.78 Å². The minimum Gasteiger partial charge on any atom is -0.452 e. The van der Waals surface area contributed by atoms with Gasteiger partial charge in [0.2, 0.25) is 0 Å². The van der Waals surface area contributed by atoms with Gasteiger partial charge in [-0.05, 0) is 28.1 Å². The zero-order valence-electron chi connectivity index (χ0n) is 7.71. The van der Waals surface area contributed by atoms with Gasteiger partial charge in [0.25, 0.3) is 0 Å². The first kappa shape index (κ1) is 9.46. The molecule has 1 aromatic heterocycles. The molecule has 0 fully saturated rings. The molecule has 0 amide bonds. The maximum Gasteiger partial charge on any atom is 0.197 e. The smallest absolute Gasteiger partial charge is 0.197 e. The predicted octanol–water partition coefficient (Wildman–Crippen LogP) is 3.79. The third-order valence-electron chi connectivity index (χ3n) is 2.09. The fourth-order valence-electron chi connectivity index (χ4n) is 1.34. The number of carbonyl (C=O) groups excluding carboxylic acids is 1. The van der Waals surface area contributed by atoms with Crippen molar-refractivity contribution in [2.75, 3.05) is 0 Å². The van der Waals surface area contributed by atoms with E-state index in [9.17, 15) is 4.79 Å². The molecular formula is C11H9BrO2. The maximum atomic E-state index is 11.4. The van der Waals surface area contributed by atoms with E-state index in [0.29, 0.717) is 12.2 Å². The third-order valence-corrected chi connectivity index (χ3v) is 2.72. The Labute approximate surface area is 90.0 Å². The fraction of sp³-hybridized carbons (Fsp3) is 0.182. The Morgan fingerprint density at radius 2 is 2.29 bits per heavy atom. The Morgan fingerprint density at radius 1 is 1.50 bits per heavy atom. The second-order valence-electron chi connectivity index (χ2n) is 3.05. The number of furan rings is 1. The van der Waals surface area contributed by atoms with Gasteiger partial charge in [-0.2, -0.15) is 0 Å². The quantitative estimate of drug-likeness (QED) is 0.762. The van der Waals surface area contributed by atoms with E-state index in [1.807, 2.05) is 25.1 Å². The van der Waals surface area contributed by atoms with E-state index in [1.54, 1.807) is 6.07 Å². The lowest BCUT2D eigenvalue weighted by molar-refractivity contribution is 0.0963. The van der Waals surface area contributed by atoms with E-state index in [4.69, 9.17) is 4.42 Å². The molecule has 0 N–H and O–H groups in total. The summed E-state index contributed by atoms with van der Waals surface area (Å²) in [6, 6.07) is 7.52. The number of fused-ring (bicyclic) bond motifs is 1. The maximum absolute atomic E-state index is 11.4. The van der Waals surface area contributed by atoms with Crippen LogP contribution >= 0.6 is 15.9 Å². The van der Waals surface area contributed by atoms with Crippen molar-refractivity contribution in [1.82, 2.24) is 0 Å². The van der Waals surface area contributed by atoms with Crippen molar-refractivity contribution in [3.05, 3.63) is 34.5 Å². The van der Waals surface area contributed by atoms with Crippen LogP contribution in [0.3, 0.4) is 0 Å². The molecule has 2 nitrogen and oxygen atoms in total. The highest BCUT2D eigenvalue weighted by molar-refractivity contribution is 9.10. The molecule has 3 heteroatoms. The van der Waals surface area contributed by atoms with Crippen molar-refractivity contribution in [3.8, 4) is 0 Å². The molecule has 2 aromatic rings. The Bertz CT molecular complexity index is 485. The zero-order valence-corrected chi connectivity index (χ0v) is 9.30. The van der Waals surface area contributed by atoms with Gasteiger partial charge in [0.15, 0.2) is 11.5 Å². The van der Waals surface area contributed by atoms with Crippen LogP contribution in [0.5, 0.6) is 0 Å². The highest BCUT2D eigenvalue weighted by Crippen LogP contribution is 2.27. The van der Waals surface area contributed by atoms with Crippen LogP contribution in [-0.2, 0) is 0 Å². The van der Waals surface area contributed by atoms with Crippen LogP contribution in [0, 0.1) is 0 Å². The number of carbonyl (C=O) groups is 1. The van der Waals surface area contributed by atoms with Crippen molar-refractivity contribution in [2.45, 2.75) is 13.3 Å². The predicted molar refractivity (Wildman–Crippen MR) is 58.5 cm³/mol. The number of benzene rings is 1. The SMILES string of the molecule is CCC(=O)c1cc2cccc(Br)c2o1. The van der Waals surface area contributed by atoms with Crippen LogP contribution in [0.1, 0.15) is 23.9 Å². The summed E-state index contributed by atoms with van der Waals surface area (Å²) in [7, 11) is 0. The van der Waals surface area contributed by atoms with Gasteiger partial charge in [0.05, 0.1) is 4.47 Å². The van der Waals surface area contributed by atoms with Crippen LogP contribution in [0.15, 0.2) is 33.2 Å². The summed E-state index contributed by atoms with van der Waals surface area (Å²) < 4.78 is 6.33. The summed E-state index contributed by atoms with van der Waals surface area (Å²) in [5.74, 6) is 0.475. The van der Waals surface area contributed by atoms with Gasteiger partial charge in [0.1, 0.15) is 5.58 Å². The molecule has 0 radical (unpaired) electrons. The van der Waals surface area contributed by atoms with Crippen LogP contribution < -0.4 is 0 Å². The Morgan fingerprint density at radius 3 is 2.93 bits per heavy atom. The normalized spacial score (nSPS) is 10.7. The molecule has 14 heavy (non-hydrogen) atoms. The van der Waals surface area contributed by atoms with Crippen molar-refractivity contribution < 1.29 is 9.21 Å². The van der Waals surface area contributed by atoms with Gasteiger partial charge in [-0.15, -0.1) is 0 Å². The summed E-state index contributed by atoms with van der Waals surface area (Å²) in [6.45, 7) is 1.82. The summed E-state index contributed by atoms with van der Waals surface area (Å²) in [6.07, 6.45) is 0.470. The standard InChI is InChI=1S/C11H9BrO2/c1-2-9(13)10-6-7-4-3-5-8(12)11(7)14-10/h3-6H,2H2,1H3. The van der Waals surface area contributed by atoms with Gasteiger partial charge in [0, 0.05) is 11.8 Å². The van der Waals surface area contributed by atoms with Crippen LogP contribution in [0.2, 0.25) is 0 Å². The highest BCUT2D eigenvalue weighted by Gasteiger charge is 2.11. The molecule has 0 atom stereocenters. The van der Waals surface area contributed by atoms with E-state index in [0.717, 1.165) is 15.4 Å². The van der Waals surface area contributed by atoms with E-state index in [2.05, 4.69) is 15.9 Å². The Hall–Kier alpha value is -1.09. The first-order chi connectivity index (χ1) is 6.72. The van der Waals surface area contributed by atoms with Gasteiger partial charge >= 0.3 is 0 Å². The molecule has 72 valence electrons. The Balaban J connectivity index is 2.62. The molecule has 0 unspecified atom stereocenters. The molecule has 0 aliphatic rings.